The minimum atomic E-state index is -0.385. The van der Waals surface area contributed by atoms with Crippen LogP contribution in [0.1, 0.15) is 27.2 Å². The van der Waals surface area contributed by atoms with Crippen LogP contribution in [0.15, 0.2) is 49.2 Å². The number of aryl methyl sites for hydroxylation is 1. The van der Waals surface area contributed by atoms with Crippen molar-refractivity contribution in [1.29, 1.82) is 5.26 Å². The Bertz CT molecular complexity index is 1030. The predicted molar refractivity (Wildman–Crippen MR) is 96.2 cm³/mol. The minimum absolute atomic E-state index is 0.244. The van der Waals surface area contributed by atoms with E-state index in [4.69, 9.17) is 16.4 Å². The molecule has 0 aliphatic carbocycles. The number of nitrogen functional groups attached to an aromatic ring is 1. The predicted octanol–water partition coefficient (Wildman–Crippen LogP) is 0.347. The number of nitrogens with zero attached hydrogens (tertiary/aromatic N) is 4. The monoisotopic (exact) mass is 346 g/mol. The number of rotatable bonds is 3. The van der Waals surface area contributed by atoms with E-state index in [1.807, 2.05) is 6.07 Å². The standard InChI is InChI=1S/C18H15N7O/c1-11-6-12(8-19)9-23-16(11)18(26)24-13-2-3-15(20)14(7-13)17(21)25-5-4-22-10-25/h2-7,9-10,21H,20H2,1H3,(H,24,26)/p+1. The number of anilines is 2. The van der Waals surface area contributed by atoms with Crippen molar-refractivity contribution >= 4 is 23.1 Å². The van der Waals surface area contributed by atoms with Gasteiger partial charge in [0.15, 0.2) is 6.33 Å². The van der Waals surface area contributed by atoms with E-state index in [-0.39, 0.29) is 11.6 Å². The Balaban J connectivity index is 1.87. The Morgan fingerprint density at radius 3 is 2.85 bits per heavy atom. The minimum Gasteiger partial charge on any atom is -0.398 e. The van der Waals surface area contributed by atoms with Crippen LogP contribution in [0.3, 0.4) is 0 Å². The Hall–Kier alpha value is -3.99. The van der Waals surface area contributed by atoms with Gasteiger partial charge in [0.25, 0.3) is 11.7 Å². The molecule has 26 heavy (non-hydrogen) atoms. The molecule has 0 saturated carbocycles. The van der Waals surface area contributed by atoms with Crippen LogP contribution in [0.5, 0.6) is 0 Å². The number of carbonyl (C=O) groups is 1. The van der Waals surface area contributed by atoms with Crippen molar-refractivity contribution in [2.24, 2.45) is 0 Å². The van der Waals surface area contributed by atoms with Crippen molar-refractivity contribution in [2.75, 3.05) is 11.1 Å². The lowest BCUT2D eigenvalue weighted by molar-refractivity contribution is -0.116. The first-order valence-electron chi connectivity index (χ1n) is 7.68. The van der Waals surface area contributed by atoms with Crippen LogP contribution in [0, 0.1) is 18.3 Å². The van der Waals surface area contributed by atoms with Gasteiger partial charge in [0, 0.05) is 17.6 Å². The van der Waals surface area contributed by atoms with Crippen molar-refractivity contribution in [3.63, 3.8) is 0 Å². The normalized spacial score (nSPS) is 10.2. The first-order chi connectivity index (χ1) is 12.5. The number of nitriles is 1. The van der Waals surface area contributed by atoms with Gasteiger partial charge in [-0.05, 0) is 36.8 Å². The van der Waals surface area contributed by atoms with E-state index in [1.54, 1.807) is 54.5 Å². The fourth-order valence-electron chi connectivity index (χ4n) is 2.46. The maximum atomic E-state index is 12.5. The van der Waals surface area contributed by atoms with Crippen molar-refractivity contribution in [1.82, 2.24) is 14.5 Å². The van der Waals surface area contributed by atoms with Crippen molar-refractivity contribution in [3.05, 3.63) is 71.6 Å². The zero-order chi connectivity index (χ0) is 18.7. The summed E-state index contributed by atoms with van der Waals surface area (Å²) in [4.78, 5) is 20.5. The zero-order valence-corrected chi connectivity index (χ0v) is 14.0. The molecule has 8 heteroatoms. The lowest BCUT2D eigenvalue weighted by Crippen LogP contribution is -2.44. The van der Waals surface area contributed by atoms with Crippen LogP contribution in [-0.4, -0.2) is 26.3 Å². The third kappa shape index (κ3) is 3.27. The van der Waals surface area contributed by atoms with Crippen LogP contribution in [-0.2, 0) is 0 Å². The second-order valence-corrected chi connectivity index (χ2v) is 5.61. The molecule has 0 spiro atoms. The van der Waals surface area contributed by atoms with Gasteiger partial charge in [0.2, 0.25) is 0 Å². The molecule has 0 aliphatic rings. The summed E-state index contributed by atoms with van der Waals surface area (Å²) in [6.45, 7) is 1.72. The van der Waals surface area contributed by atoms with E-state index < -0.39 is 0 Å². The molecule has 128 valence electrons. The SMILES string of the molecule is Cc1cc(C#N)cnc1C(=O)Nc1ccc(N)c(C(=[NH2+])n2ccnc2)c1. The van der Waals surface area contributed by atoms with Crippen LogP contribution in [0.2, 0.25) is 0 Å². The molecule has 0 aliphatic heterocycles. The number of hydrogen-bond acceptors (Lipinski definition) is 5. The average molecular weight is 346 g/mol. The summed E-state index contributed by atoms with van der Waals surface area (Å²) < 4.78 is 1.63. The lowest BCUT2D eigenvalue weighted by Gasteiger charge is -2.09. The van der Waals surface area contributed by atoms with Crippen LogP contribution in [0.25, 0.3) is 0 Å². The van der Waals surface area contributed by atoms with Crippen molar-refractivity contribution in [3.8, 4) is 6.07 Å². The highest BCUT2D eigenvalue weighted by molar-refractivity contribution is 6.06. The van der Waals surface area contributed by atoms with E-state index in [0.29, 0.717) is 33.9 Å². The third-order valence-corrected chi connectivity index (χ3v) is 3.79. The molecular formula is C18H16N7O+. The lowest BCUT2D eigenvalue weighted by atomic mass is 10.1. The molecule has 0 fully saturated rings. The molecule has 8 nitrogen and oxygen atoms in total. The van der Waals surface area contributed by atoms with Gasteiger partial charge in [-0.1, -0.05) is 0 Å². The van der Waals surface area contributed by atoms with Crippen molar-refractivity contribution < 1.29 is 10.2 Å². The highest BCUT2D eigenvalue weighted by atomic mass is 16.1. The van der Waals surface area contributed by atoms with Gasteiger partial charge in [0.05, 0.1) is 17.3 Å². The van der Waals surface area contributed by atoms with Gasteiger partial charge >= 0.3 is 0 Å². The van der Waals surface area contributed by atoms with Gasteiger partial charge in [0.1, 0.15) is 18.0 Å². The summed E-state index contributed by atoms with van der Waals surface area (Å²) >= 11 is 0. The molecule has 0 unspecified atom stereocenters. The molecule has 0 bridgehead atoms. The molecule has 5 N–H and O–H groups in total. The second-order valence-electron chi connectivity index (χ2n) is 5.61. The largest absolute Gasteiger partial charge is 0.398 e. The number of benzene rings is 1. The fraction of sp³-hybridized carbons (Fsp3) is 0.0556. The van der Waals surface area contributed by atoms with Gasteiger partial charge in [-0.15, -0.1) is 0 Å². The Morgan fingerprint density at radius 2 is 2.19 bits per heavy atom. The molecule has 3 aromatic rings. The summed E-state index contributed by atoms with van der Waals surface area (Å²) in [7, 11) is 0. The number of aromatic nitrogens is 3. The van der Waals surface area contributed by atoms with E-state index in [1.165, 1.54) is 6.20 Å². The average Bonchev–Trinajstić information content (AvgIpc) is 3.17. The molecule has 3 rings (SSSR count). The van der Waals surface area contributed by atoms with Crippen LogP contribution in [0.4, 0.5) is 11.4 Å². The topological polar surface area (TPSA) is 135 Å². The fourth-order valence-corrected chi connectivity index (χ4v) is 2.46. The smallest absolute Gasteiger partial charge is 0.287 e. The first kappa shape index (κ1) is 16.9. The summed E-state index contributed by atoms with van der Waals surface area (Å²) in [6, 6.07) is 8.62. The number of carbonyl (C=O) groups excluding carboxylic acids is 1. The summed E-state index contributed by atoms with van der Waals surface area (Å²) in [5.74, 6) is 0.00712. The maximum Gasteiger partial charge on any atom is 0.287 e. The molecule has 0 atom stereocenters. The molecular weight excluding hydrogens is 330 g/mol. The van der Waals surface area contributed by atoms with Gasteiger partial charge in [-0.3, -0.25) is 10.2 Å². The van der Waals surface area contributed by atoms with Crippen LogP contribution < -0.4 is 16.5 Å². The van der Waals surface area contributed by atoms with Crippen LogP contribution >= 0.6 is 0 Å². The third-order valence-electron chi connectivity index (χ3n) is 3.79. The number of nitrogens with one attached hydrogen (secondary N) is 1. The summed E-state index contributed by atoms with van der Waals surface area (Å²) in [6.07, 6.45) is 6.23. The highest BCUT2D eigenvalue weighted by Gasteiger charge is 2.17. The van der Waals surface area contributed by atoms with Gasteiger partial charge < -0.3 is 11.1 Å². The molecule has 2 aromatic heterocycles. The number of amides is 1. The number of hydrogen-bond donors (Lipinski definition) is 3. The maximum absolute atomic E-state index is 12.5. The van der Waals surface area contributed by atoms with E-state index in [9.17, 15) is 4.79 Å². The molecule has 2 heterocycles. The van der Waals surface area contributed by atoms with E-state index in [0.717, 1.165) is 0 Å². The van der Waals surface area contributed by atoms with E-state index >= 15 is 0 Å². The van der Waals surface area contributed by atoms with Crippen molar-refractivity contribution in [2.45, 2.75) is 6.92 Å². The zero-order valence-electron chi connectivity index (χ0n) is 14.0. The summed E-state index contributed by atoms with van der Waals surface area (Å²) in [5, 5.41) is 17.8. The number of imidazole rings is 1. The Labute approximate surface area is 149 Å². The molecule has 1 aromatic carbocycles. The summed E-state index contributed by atoms with van der Waals surface area (Å²) in [5.41, 5.74) is 8.83. The second kappa shape index (κ2) is 6.86. The van der Waals surface area contributed by atoms with E-state index in [2.05, 4.69) is 15.3 Å². The molecule has 1 amide bonds. The first-order valence-corrected chi connectivity index (χ1v) is 7.68. The quantitative estimate of drug-likeness (QED) is 0.357. The highest BCUT2D eigenvalue weighted by Crippen LogP contribution is 2.19. The Kier molecular flexibility index (Phi) is 4.45. The Morgan fingerprint density at radius 1 is 1.38 bits per heavy atom. The van der Waals surface area contributed by atoms with Gasteiger partial charge in [-0.25, -0.2) is 9.97 Å². The number of nitrogens with two attached hydrogens (primary N) is 2. The molecule has 0 radical (unpaired) electrons. The number of pyridine rings is 1. The van der Waals surface area contributed by atoms with Gasteiger partial charge in [-0.2, -0.15) is 9.83 Å². The molecule has 0 saturated heterocycles.